The maximum Gasteiger partial charge on any atom is 0.193 e. The van der Waals surface area contributed by atoms with E-state index in [1.807, 2.05) is 26.0 Å². The molecule has 0 radical (unpaired) electrons. The van der Waals surface area contributed by atoms with Crippen LogP contribution in [-0.2, 0) is 14.9 Å². The van der Waals surface area contributed by atoms with Crippen molar-refractivity contribution in [2.24, 2.45) is 10.9 Å². The summed E-state index contributed by atoms with van der Waals surface area (Å²) in [4.78, 5) is 7.12. The largest absolute Gasteiger partial charge is 0.382 e. The van der Waals surface area contributed by atoms with Crippen LogP contribution in [0.2, 0.25) is 0 Å². The summed E-state index contributed by atoms with van der Waals surface area (Å²) in [6.07, 6.45) is 1.09. The van der Waals surface area contributed by atoms with Crippen LogP contribution >= 0.6 is 24.0 Å². The molecular formula is C21H35FIN3O2. The third kappa shape index (κ3) is 7.48. The molecule has 1 N–H and O–H groups in total. The molecule has 28 heavy (non-hydrogen) atoms. The molecule has 0 amide bonds. The van der Waals surface area contributed by atoms with Crippen molar-refractivity contribution in [1.29, 1.82) is 0 Å². The quantitative estimate of drug-likeness (QED) is 0.240. The number of aliphatic imine (C=N–C) groups is 1. The molecule has 1 aliphatic heterocycles. The van der Waals surface area contributed by atoms with Crippen molar-refractivity contribution < 1.29 is 13.9 Å². The van der Waals surface area contributed by atoms with Gasteiger partial charge in [-0.25, -0.2) is 4.39 Å². The normalized spacial score (nSPS) is 17.5. The molecule has 0 aromatic heterocycles. The molecule has 160 valence electrons. The van der Waals surface area contributed by atoms with E-state index in [0.29, 0.717) is 31.2 Å². The fraction of sp³-hybridized carbons (Fsp3) is 0.667. The number of nitrogens with one attached hydrogen (secondary N) is 1. The SMILES string of the molecule is CCNC(=NCC(C)(C)c1ccccc1F)N1CCC(COCCOC)C1.I. The minimum Gasteiger partial charge on any atom is -0.382 e. The lowest BCUT2D eigenvalue weighted by Crippen LogP contribution is -2.41. The van der Waals surface area contributed by atoms with Crippen molar-refractivity contribution in [2.75, 3.05) is 53.1 Å². The number of halogens is 2. The molecule has 1 unspecified atom stereocenters. The van der Waals surface area contributed by atoms with E-state index in [2.05, 4.69) is 17.1 Å². The smallest absolute Gasteiger partial charge is 0.193 e. The Morgan fingerprint density at radius 2 is 2.07 bits per heavy atom. The monoisotopic (exact) mass is 507 g/mol. The van der Waals surface area contributed by atoms with Gasteiger partial charge in [-0.1, -0.05) is 32.0 Å². The van der Waals surface area contributed by atoms with Crippen molar-refractivity contribution in [2.45, 2.75) is 32.6 Å². The van der Waals surface area contributed by atoms with Gasteiger partial charge in [0.25, 0.3) is 0 Å². The zero-order chi connectivity index (χ0) is 19.7. The van der Waals surface area contributed by atoms with Crippen LogP contribution in [0.3, 0.4) is 0 Å². The Hall–Kier alpha value is -0.930. The third-order valence-electron chi connectivity index (χ3n) is 4.93. The highest BCUT2D eigenvalue weighted by Crippen LogP contribution is 2.26. The molecule has 1 heterocycles. The van der Waals surface area contributed by atoms with Crippen molar-refractivity contribution in [3.63, 3.8) is 0 Å². The molecule has 0 spiro atoms. The lowest BCUT2D eigenvalue weighted by atomic mass is 9.84. The first-order chi connectivity index (χ1) is 13.0. The summed E-state index contributed by atoms with van der Waals surface area (Å²) in [7, 11) is 1.68. The zero-order valence-electron chi connectivity index (χ0n) is 17.5. The Labute approximate surface area is 186 Å². The van der Waals surface area contributed by atoms with Crippen LogP contribution in [0, 0.1) is 11.7 Å². The Morgan fingerprint density at radius 1 is 1.32 bits per heavy atom. The number of hydrogen-bond donors (Lipinski definition) is 1. The van der Waals surface area contributed by atoms with Gasteiger partial charge in [-0.3, -0.25) is 4.99 Å². The summed E-state index contributed by atoms with van der Waals surface area (Å²) in [6.45, 7) is 11.4. The van der Waals surface area contributed by atoms with Crippen molar-refractivity contribution in [3.8, 4) is 0 Å². The van der Waals surface area contributed by atoms with E-state index in [4.69, 9.17) is 14.5 Å². The highest BCUT2D eigenvalue weighted by atomic mass is 127. The summed E-state index contributed by atoms with van der Waals surface area (Å²) < 4.78 is 24.9. The number of methoxy groups -OCH3 is 1. The highest BCUT2D eigenvalue weighted by molar-refractivity contribution is 14.0. The van der Waals surface area contributed by atoms with E-state index in [0.717, 1.165) is 38.6 Å². The van der Waals surface area contributed by atoms with Gasteiger partial charge in [0.1, 0.15) is 5.82 Å². The first-order valence-corrected chi connectivity index (χ1v) is 9.83. The molecule has 0 saturated carbocycles. The molecule has 1 aliphatic rings. The highest BCUT2D eigenvalue weighted by Gasteiger charge is 2.27. The van der Waals surface area contributed by atoms with Gasteiger partial charge >= 0.3 is 0 Å². The van der Waals surface area contributed by atoms with E-state index >= 15 is 0 Å². The van der Waals surface area contributed by atoms with Crippen LogP contribution in [0.5, 0.6) is 0 Å². The molecule has 0 bridgehead atoms. The lowest BCUT2D eigenvalue weighted by molar-refractivity contribution is 0.0536. The summed E-state index contributed by atoms with van der Waals surface area (Å²) in [5.41, 5.74) is 0.337. The van der Waals surface area contributed by atoms with Crippen LogP contribution in [0.15, 0.2) is 29.3 Å². The van der Waals surface area contributed by atoms with Gasteiger partial charge in [0, 0.05) is 38.1 Å². The fourth-order valence-electron chi connectivity index (χ4n) is 3.35. The number of ether oxygens (including phenoxy) is 2. The Balaban J connectivity index is 0.00000392. The summed E-state index contributed by atoms with van der Waals surface area (Å²) in [6, 6.07) is 6.97. The minimum atomic E-state index is -0.367. The number of likely N-dealkylation sites (tertiary alicyclic amines) is 1. The molecule has 1 atom stereocenters. The number of hydrogen-bond acceptors (Lipinski definition) is 3. The zero-order valence-corrected chi connectivity index (χ0v) is 19.9. The second kappa shape index (κ2) is 12.6. The van der Waals surface area contributed by atoms with Crippen molar-refractivity contribution in [3.05, 3.63) is 35.6 Å². The Kier molecular flexibility index (Phi) is 11.3. The molecular weight excluding hydrogens is 472 g/mol. The first kappa shape index (κ1) is 25.1. The first-order valence-electron chi connectivity index (χ1n) is 9.83. The standard InChI is InChI=1S/C21H34FN3O2.HI/c1-5-23-20(25-11-10-17(14-25)15-27-13-12-26-4)24-16-21(2,3)18-8-6-7-9-19(18)22;/h6-9,17H,5,10-16H2,1-4H3,(H,23,24);1H. The summed E-state index contributed by atoms with van der Waals surface area (Å²) >= 11 is 0. The van der Waals surface area contributed by atoms with Crippen LogP contribution in [0.1, 0.15) is 32.8 Å². The second-order valence-electron chi connectivity index (χ2n) is 7.70. The minimum absolute atomic E-state index is 0. The Bertz CT molecular complexity index is 613. The number of guanidine groups is 1. The second-order valence-corrected chi connectivity index (χ2v) is 7.70. The van der Waals surface area contributed by atoms with Gasteiger partial charge in [0.05, 0.1) is 26.4 Å². The predicted molar refractivity (Wildman–Crippen MR) is 123 cm³/mol. The third-order valence-corrected chi connectivity index (χ3v) is 4.93. The van der Waals surface area contributed by atoms with Gasteiger partial charge in [-0.05, 0) is 25.0 Å². The van der Waals surface area contributed by atoms with E-state index < -0.39 is 0 Å². The maximum atomic E-state index is 14.2. The lowest BCUT2D eigenvalue weighted by Gasteiger charge is -2.26. The predicted octanol–water partition coefficient (Wildman–Crippen LogP) is 3.67. The van der Waals surface area contributed by atoms with Gasteiger partial charge in [-0.2, -0.15) is 0 Å². The maximum absolute atomic E-state index is 14.2. The molecule has 1 fully saturated rings. The molecule has 7 heteroatoms. The fourth-order valence-corrected chi connectivity index (χ4v) is 3.35. The molecule has 0 aliphatic carbocycles. The summed E-state index contributed by atoms with van der Waals surface area (Å²) in [5.74, 6) is 1.24. The number of rotatable bonds is 9. The van der Waals surface area contributed by atoms with E-state index in [-0.39, 0.29) is 35.2 Å². The van der Waals surface area contributed by atoms with Gasteiger partial charge in [0.15, 0.2) is 5.96 Å². The van der Waals surface area contributed by atoms with Gasteiger partial charge < -0.3 is 19.7 Å². The van der Waals surface area contributed by atoms with E-state index in [1.165, 1.54) is 6.07 Å². The average Bonchev–Trinajstić information content (AvgIpc) is 3.11. The Morgan fingerprint density at radius 3 is 2.75 bits per heavy atom. The van der Waals surface area contributed by atoms with Gasteiger partial charge in [0.2, 0.25) is 0 Å². The van der Waals surface area contributed by atoms with Crippen LogP contribution < -0.4 is 5.32 Å². The average molecular weight is 507 g/mol. The number of benzene rings is 1. The molecule has 1 aromatic rings. The summed E-state index contributed by atoms with van der Waals surface area (Å²) in [5, 5.41) is 3.38. The van der Waals surface area contributed by atoms with Crippen LogP contribution in [-0.4, -0.2) is 64.0 Å². The molecule has 2 rings (SSSR count). The molecule has 1 aromatic carbocycles. The van der Waals surface area contributed by atoms with Crippen LogP contribution in [0.25, 0.3) is 0 Å². The molecule has 5 nitrogen and oxygen atoms in total. The van der Waals surface area contributed by atoms with Crippen molar-refractivity contribution >= 4 is 29.9 Å². The van der Waals surface area contributed by atoms with Crippen LogP contribution in [0.4, 0.5) is 4.39 Å². The van der Waals surface area contributed by atoms with E-state index in [9.17, 15) is 4.39 Å². The van der Waals surface area contributed by atoms with Gasteiger partial charge in [-0.15, -0.1) is 24.0 Å². The van der Waals surface area contributed by atoms with Crippen molar-refractivity contribution in [1.82, 2.24) is 10.2 Å². The topological polar surface area (TPSA) is 46.1 Å². The van der Waals surface area contributed by atoms with E-state index in [1.54, 1.807) is 13.2 Å². The number of nitrogens with zero attached hydrogens (tertiary/aromatic N) is 2. The molecule has 1 saturated heterocycles.